The van der Waals surface area contributed by atoms with Crippen molar-refractivity contribution in [3.63, 3.8) is 0 Å². The van der Waals surface area contributed by atoms with Crippen molar-refractivity contribution in [1.82, 2.24) is 4.31 Å². The molecule has 0 radical (unpaired) electrons. The lowest BCUT2D eigenvalue weighted by molar-refractivity contribution is 0.521. The summed E-state index contributed by atoms with van der Waals surface area (Å²) in [4.78, 5) is 0.335. The van der Waals surface area contributed by atoms with E-state index in [2.05, 4.69) is 15.9 Å². The molecule has 0 aliphatic rings. The quantitative estimate of drug-likeness (QED) is 0.855. The highest BCUT2D eigenvalue weighted by atomic mass is 79.9. The topological polar surface area (TPSA) is 37.4 Å². The van der Waals surface area contributed by atoms with E-state index in [0.717, 1.165) is 15.2 Å². The molecule has 0 fully saturated rings. The van der Waals surface area contributed by atoms with Crippen LogP contribution in [0.5, 0.6) is 0 Å². The minimum Gasteiger partial charge on any atom is -0.207 e. The van der Waals surface area contributed by atoms with E-state index in [4.69, 9.17) is 0 Å². The fraction of sp³-hybridized carbons (Fsp3) is 0.167. The van der Waals surface area contributed by atoms with Gasteiger partial charge in [0.2, 0.25) is 10.0 Å². The van der Waals surface area contributed by atoms with Gasteiger partial charge >= 0.3 is 0 Å². The van der Waals surface area contributed by atoms with Crippen LogP contribution >= 0.6 is 15.9 Å². The molecule has 0 aliphatic heterocycles. The van der Waals surface area contributed by atoms with Crippen LogP contribution < -0.4 is 0 Å². The Morgan fingerprint density at radius 2 is 1.59 bits per heavy atom. The number of fused-ring (bicyclic) bond motifs is 1. The molecular formula is C12H12BrNO2S. The molecular weight excluding hydrogens is 302 g/mol. The van der Waals surface area contributed by atoms with Crippen LogP contribution in [0.15, 0.2) is 45.8 Å². The SMILES string of the molecule is CN(C)S(=O)(=O)c1ccc(Br)c2ccccc12. The van der Waals surface area contributed by atoms with Gasteiger partial charge in [0.1, 0.15) is 0 Å². The van der Waals surface area contributed by atoms with Crippen LogP contribution in [-0.4, -0.2) is 26.8 Å². The van der Waals surface area contributed by atoms with Crippen molar-refractivity contribution < 1.29 is 8.42 Å². The van der Waals surface area contributed by atoms with E-state index in [9.17, 15) is 8.42 Å². The summed E-state index contributed by atoms with van der Waals surface area (Å²) >= 11 is 3.43. The molecule has 17 heavy (non-hydrogen) atoms. The highest BCUT2D eigenvalue weighted by Gasteiger charge is 2.20. The Labute approximate surface area is 109 Å². The van der Waals surface area contributed by atoms with Crippen molar-refractivity contribution in [1.29, 1.82) is 0 Å². The maximum Gasteiger partial charge on any atom is 0.243 e. The summed E-state index contributed by atoms with van der Waals surface area (Å²) in [5, 5.41) is 1.63. The Balaban J connectivity index is 2.86. The highest BCUT2D eigenvalue weighted by Crippen LogP contribution is 2.30. The summed E-state index contributed by atoms with van der Waals surface area (Å²) in [5.74, 6) is 0. The summed E-state index contributed by atoms with van der Waals surface area (Å²) < 4.78 is 26.5. The standard InChI is InChI=1S/C12H12BrNO2S/c1-14(2)17(15,16)12-8-7-11(13)9-5-3-4-6-10(9)12/h3-8H,1-2H3. The molecule has 0 unspecified atom stereocenters. The van der Waals surface area contributed by atoms with Crippen LogP contribution in [0.4, 0.5) is 0 Å². The Morgan fingerprint density at radius 3 is 2.18 bits per heavy atom. The second kappa shape index (κ2) is 4.40. The van der Waals surface area contributed by atoms with E-state index in [-0.39, 0.29) is 0 Å². The third-order valence-electron chi connectivity index (χ3n) is 2.59. The molecule has 2 aromatic rings. The second-order valence-electron chi connectivity index (χ2n) is 3.88. The van der Waals surface area contributed by atoms with E-state index in [1.807, 2.05) is 24.3 Å². The first kappa shape index (κ1) is 12.5. The van der Waals surface area contributed by atoms with Gasteiger partial charge in [0.15, 0.2) is 0 Å². The van der Waals surface area contributed by atoms with Gasteiger partial charge in [-0.1, -0.05) is 40.2 Å². The summed E-state index contributed by atoms with van der Waals surface area (Å²) in [6.45, 7) is 0. The third-order valence-corrected chi connectivity index (χ3v) is 5.15. The number of rotatable bonds is 2. The minimum atomic E-state index is -3.41. The molecule has 0 amide bonds. The zero-order valence-electron chi connectivity index (χ0n) is 9.51. The summed E-state index contributed by atoms with van der Waals surface area (Å²) in [6, 6.07) is 10.8. The average molecular weight is 314 g/mol. The number of hydrogen-bond donors (Lipinski definition) is 0. The van der Waals surface area contributed by atoms with Gasteiger partial charge in [-0.15, -0.1) is 0 Å². The lowest BCUT2D eigenvalue weighted by Crippen LogP contribution is -2.22. The van der Waals surface area contributed by atoms with Crippen LogP contribution in [-0.2, 0) is 10.0 Å². The molecule has 2 rings (SSSR count). The lowest BCUT2D eigenvalue weighted by Gasteiger charge is -2.14. The van der Waals surface area contributed by atoms with Gasteiger partial charge in [-0.05, 0) is 17.5 Å². The number of benzene rings is 2. The van der Waals surface area contributed by atoms with E-state index >= 15 is 0 Å². The number of sulfonamides is 1. The highest BCUT2D eigenvalue weighted by molar-refractivity contribution is 9.10. The van der Waals surface area contributed by atoms with Crippen molar-refractivity contribution in [2.24, 2.45) is 0 Å². The van der Waals surface area contributed by atoms with Gasteiger partial charge in [0, 0.05) is 24.0 Å². The van der Waals surface area contributed by atoms with Gasteiger partial charge < -0.3 is 0 Å². The zero-order valence-corrected chi connectivity index (χ0v) is 11.9. The molecule has 3 nitrogen and oxygen atoms in total. The summed E-state index contributed by atoms with van der Waals surface area (Å²) in [6.07, 6.45) is 0. The van der Waals surface area contributed by atoms with Crippen LogP contribution in [0.1, 0.15) is 0 Å². The van der Waals surface area contributed by atoms with Crippen LogP contribution in [0.2, 0.25) is 0 Å². The average Bonchev–Trinajstić information content (AvgIpc) is 2.29. The van der Waals surface area contributed by atoms with E-state index in [1.165, 1.54) is 18.4 Å². The van der Waals surface area contributed by atoms with E-state index in [0.29, 0.717) is 4.90 Å². The monoisotopic (exact) mass is 313 g/mol. The number of hydrogen-bond acceptors (Lipinski definition) is 2. The predicted octanol–water partition coefficient (Wildman–Crippen LogP) is 2.85. The molecule has 0 N–H and O–H groups in total. The van der Waals surface area contributed by atoms with Crippen molar-refractivity contribution in [2.75, 3.05) is 14.1 Å². The molecule has 0 aliphatic carbocycles. The fourth-order valence-electron chi connectivity index (χ4n) is 1.66. The van der Waals surface area contributed by atoms with Crippen LogP contribution in [0, 0.1) is 0 Å². The maximum absolute atomic E-state index is 12.2. The molecule has 0 heterocycles. The molecule has 0 saturated heterocycles. The second-order valence-corrected chi connectivity index (χ2v) is 6.85. The number of nitrogens with zero attached hydrogens (tertiary/aromatic N) is 1. The molecule has 0 saturated carbocycles. The molecule has 0 bridgehead atoms. The van der Waals surface area contributed by atoms with Crippen molar-refractivity contribution >= 4 is 36.7 Å². The van der Waals surface area contributed by atoms with E-state index < -0.39 is 10.0 Å². The van der Waals surface area contributed by atoms with Crippen molar-refractivity contribution in [3.05, 3.63) is 40.9 Å². The summed E-state index contributed by atoms with van der Waals surface area (Å²) in [5.41, 5.74) is 0. The largest absolute Gasteiger partial charge is 0.243 e. The molecule has 0 spiro atoms. The van der Waals surface area contributed by atoms with Crippen LogP contribution in [0.25, 0.3) is 10.8 Å². The Morgan fingerprint density at radius 1 is 1.00 bits per heavy atom. The molecule has 2 aromatic carbocycles. The summed E-state index contributed by atoms with van der Waals surface area (Å²) in [7, 11) is -0.340. The molecule has 0 atom stereocenters. The van der Waals surface area contributed by atoms with Crippen molar-refractivity contribution in [2.45, 2.75) is 4.90 Å². The fourth-order valence-corrected chi connectivity index (χ4v) is 3.22. The van der Waals surface area contributed by atoms with Gasteiger partial charge in [-0.25, -0.2) is 12.7 Å². The van der Waals surface area contributed by atoms with Crippen LogP contribution in [0.3, 0.4) is 0 Å². The van der Waals surface area contributed by atoms with Gasteiger partial charge in [0.25, 0.3) is 0 Å². The first-order valence-electron chi connectivity index (χ1n) is 5.04. The predicted molar refractivity (Wildman–Crippen MR) is 72.5 cm³/mol. The molecule has 5 heteroatoms. The first-order valence-corrected chi connectivity index (χ1v) is 7.27. The van der Waals surface area contributed by atoms with Gasteiger partial charge in [-0.2, -0.15) is 0 Å². The Kier molecular flexibility index (Phi) is 3.25. The normalized spacial score (nSPS) is 12.2. The van der Waals surface area contributed by atoms with Crippen molar-refractivity contribution in [3.8, 4) is 0 Å². The maximum atomic E-state index is 12.2. The molecule has 90 valence electrons. The Bertz CT molecular complexity index is 665. The molecule has 0 aromatic heterocycles. The first-order chi connectivity index (χ1) is 7.94. The minimum absolute atomic E-state index is 0.335. The lowest BCUT2D eigenvalue weighted by atomic mass is 10.1. The van der Waals surface area contributed by atoms with Gasteiger partial charge in [0.05, 0.1) is 4.90 Å². The zero-order chi connectivity index (χ0) is 12.6. The smallest absolute Gasteiger partial charge is 0.207 e. The van der Waals surface area contributed by atoms with E-state index in [1.54, 1.807) is 12.1 Å². The van der Waals surface area contributed by atoms with Gasteiger partial charge in [-0.3, -0.25) is 0 Å². The third kappa shape index (κ3) is 2.10. The number of halogens is 1. The Hall–Kier alpha value is -0.910.